The number of hydrogen-bond donors (Lipinski definition) is 1. The summed E-state index contributed by atoms with van der Waals surface area (Å²) < 4.78 is 23.9. The van der Waals surface area contributed by atoms with Gasteiger partial charge in [-0.15, -0.1) is 11.3 Å². The van der Waals surface area contributed by atoms with Gasteiger partial charge in [0.2, 0.25) is 0 Å². The Morgan fingerprint density at radius 2 is 2.32 bits per heavy atom. The van der Waals surface area contributed by atoms with Crippen molar-refractivity contribution in [3.63, 3.8) is 0 Å². The summed E-state index contributed by atoms with van der Waals surface area (Å²) in [6.07, 6.45) is 1.57. The van der Waals surface area contributed by atoms with Gasteiger partial charge in [0.15, 0.2) is 9.84 Å². The van der Waals surface area contributed by atoms with Gasteiger partial charge in [-0.3, -0.25) is 4.90 Å². The van der Waals surface area contributed by atoms with Crippen LogP contribution < -0.4 is 5.73 Å². The van der Waals surface area contributed by atoms with Crippen LogP contribution in [0.1, 0.15) is 30.7 Å². The van der Waals surface area contributed by atoms with E-state index in [4.69, 9.17) is 5.73 Å². The Balaban J connectivity index is 2.25. The van der Waals surface area contributed by atoms with Gasteiger partial charge in [-0.2, -0.15) is 0 Å². The van der Waals surface area contributed by atoms with Crippen LogP contribution in [0.25, 0.3) is 0 Å². The van der Waals surface area contributed by atoms with Crippen molar-refractivity contribution in [3.8, 4) is 0 Å². The van der Waals surface area contributed by atoms with Gasteiger partial charge in [-0.25, -0.2) is 8.42 Å². The van der Waals surface area contributed by atoms with Crippen LogP contribution in [0.4, 0.5) is 0 Å². The molecule has 1 aromatic heterocycles. The lowest BCUT2D eigenvalue weighted by molar-refractivity contribution is 0.0919. The first-order valence-electron chi connectivity index (χ1n) is 6.57. The maximum atomic E-state index is 12.0. The van der Waals surface area contributed by atoms with Crippen molar-refractivity contribution in [1.82, 2.24) is 4.90 Å². The highest BCUT2D eigenvalue weighted by Crippen LogP contribution is 2.34. The van der Waals surface area contributed by atoms with Gasteiger partial charge in [0.25, 0.3) is 0 Å². The fourth-order valence-electron chi connectivity index (χ4n) is 2.89. The lowest BCUT2D eigenvalue weighted by atomic mass is 9.92. The summed E-state index contributed by atoms with van der Waals surface area (Å²) in [7, 11) is -0.970. The summed E-state index contributed by atoms with van der Waals surface area (Å²) in [6.45, 7) is 2.50. The Kier molecular flexibility index (Phi) is 4.35. The molecule has 19 heavy (non-hydrogen) atoms. The molecule has 2 N–H and O–H groups in total. The van der Waals surface area contributed by atoms with Crippen molar-refractivity contribution in [2.24, 2.45) is 5.73 Å². The van der Waals surface area contributed by atoms with E-state index in [0.717, 1.165) is 6.42 Å². The number of nitrogens with two attached hydrogens (primary N) is 1. The van der Waals surface area contributed by atoms with Crippen molar-refractivity contribution in [3.05, 3.63) is 22.4 Å². The Bertz CT molecular complexity index is 513. The zero-order valence-electron chi connectivity index (χ0n) is 11.5. The van der Waals surface area contributed by atoms with Crippen molar-refractivity contribution >= 4 is 21.2 Å². The minimum atomic E-state index is -2.97. The van der Waals surface area contributed by atoms with Gasteiger partial charge in [0, 0.05) is 23.0 Å². The molecule has 1 aliphatic rings. The fourth-order valence-corrected chi connectivity index (χ4v) is 5.73. The molecule has 1 saturated heterocycles. The SMILES string of the molecule is CC(c1cccs1)N(C)C1(CN)CCCS(=O)(=O)C1. The number of nitrogens with zero attached hydrogens (tertiary/aromatic N) is 1. The van der Waals surface area contributed by atoms with E-state index in [-0.39, 0.29) is 11.8 Å². The second kappa shape index (κ2) is 5.52. The van der Waals surface area contributed by atoms with Crippen LogP contribution in [0.15, 0.2) is 17.5 Å². The average molecular weight is 302 g/mol. The molecule has 0 bridgehead atoms. The third kappa shape index (κ3) is 3.02. The minimum Gasteiger partial charge on any atom is -0.329 e. The van der Waals surface area contributed by atoms with Gasteiger partial charge in [-0.05, 0) is 38.3 Å². The largest absolute Gasteiger partial charge is 0.329 e. The monoisotopic (exact) mass is 302 g/mol. The summed E-state index contributed by atoms with van der Waals surface area (Å²) in [5.41, 5.74) is 5.53. The highest BCUT2D eigenvalue weighted by molar-refractivity contribution is 7.91. The molecule has 108 valence electrons. The Morgan fingerprint density at radius 1 is 1.58 bits per heavy atom. The van der Waals surface area contributed by atoms with E-state index in [1.54, 1.807) is 11.3 Å². The van der Waals surface area contributed by atoms with Crippen LogP contribution >= 0.6 is 11.3 Å². The highest BCUT2D eigenvalue weighted by atomic mass is 32.2. The van der Waals surface area contributed by atoms with Crippen molar-refractivity contribution < 1.29 is 8.42 Å². The Hall–Kier alpha value is -0.430. The van der Waals surface area contributed by atoms with E-state index in [2.05, 4.69) is 17.9 Å². The zero-order chi connectivity index (χ0) is 14.1. The summed E-state index contributed by atoms with van der Waals surface area (Å²) in [4.78, 5) is 3.41. The van der Waals surface area contributed by atoms with E-state index >= 15 is 0 Å². The zero-order valence-corrected chi connectivity index (χ0v) is 13.1. The van der Waals surface area contributed by atoms with E-state index in [1.165, 1.54) is 4.88 Å². The molecule has 2 unspecified atom stereocenters. The topological polar surface area (TPSA) is 63.4 Å². The number of thiophene rings is 1. The fraction of sp³-hybridized carbons (Fsp3) is 0.692. The molecule has 6 heteroatoms. The predicted molar refractivity (Wildman–Crippen MR) is 80.2 cm³/mol. The predicted octanol–water partition coefficient (Wildman–Crippen LogP) is 1.65. The standard InChI is InChI=1S/C13H22N2O2S2/c1-11(12-5-3-7-18-12)15(2)13(9-14)6-4-8-19(16,17)10-13/h3,5,7,11H,4,6,8-10,14H2,1-2H3. The molecule has 0 aliphatic carbocycles. The van der Waals surface area contributed by atoms with Crippen LogP contribution in [0, 0.1) is 0 Å². The summed E-state index contributed by atoms with van der Waals surface area (Å²) >= 11 is 1.70. The molecule has 1 fully saturated rings. The van der Waals surface area contributed by atoms with Gasteiger partial charge in [0.05, 0.1) is 11.5 Å². The van der Waals surface area contributed by atoms with E-state index < -0.39 is 15.4 Å². The van der Waals surface area contributed by atoms with Crippen LogP contribution in [-0.4, -0.2) is 44.0 Å². The van der Waals surface area contributed by atoms with Crippen LogP contribution in [0.3, 0.4) is 0 Å². The van der Waals surface area contributed by atoms with Gasteiger partial charge >= 0.3 is 0 Å². The second-order valence-electron chi connectivity index (χ2n) is 5.43. The smallest absolute Gasteiger partial charge is 0.152 e. The molecular weight excluding hydrogens is 280 g/mol. The number of sulfone groups is 1. The van der Waals surface area contributed by atoms with Crippen molar-refractivity contribution in [2.75, 3.05) is 25.1 Å². The maximum Gasteiger partial charge on any atom is 0.152 e. The molecule has 0 saturated carbocycles. The number of rotatable bonds is 4. The Morgan fingerprint density at radius 3 is 2.84 bits per heavy atom. The molecule has 2 heterocycles. The lowest BCUT2D eigenvalue weighted by Crippen LogP contribution is -2.59. The Labute approximate surface area is 119 Å². The minimum absolute atomic E-state index is 0.183. The summed E-state index contributed by atoms with van der Waals surface area (Å²) in [5, 5.41) is 2.05. The molecule has 0 aromatic carbocycles. The van der Waals surface area contributed by atoms with Crippen molar-refractivity contribution in [2.45, 2.75) is 31.3 Å². The molecule has 4 nitrogen and oxygen atoms in total. The average Bonchev–Trinajstić information content (AvgIpc) is 2.89. The molecule has 1 aliphatic heterocycles. The molecule has 2 atom stereocenters. The molecular formula is C13H22N2O2S2. The van der Waals surface area contributed by atoms with E-state index in [1.807, 2.05) is 18.5 Å². The van der Waals surface area contributed by atoms with Crippen LogP contribution in [-0.2, 0) is 9.84 Å². The normalized spacial score (nSPS) is 28.4. The lowest BCUT2D eigenvalue weighted by Gasteiger charge is -2.46. The van der Waals surface area contributed by atoms with Crippen molar-refractivity contribution in [1.29, 1.82) is 0 Å². The van der Waals surface area contributed by atoms with Crippen LogP contribution in [0.5, 0.6) is 0 Å². The molecule has 2 rings (SSSR count). The van der Waals surface area contributed by atoms with E-state index in [0.29, 0.717) is 18.7 Å². The second-order valence-corrected chi connectivity index (χ2v) is 8.59. The highest BCUT2D eigenvalue weighted by Gasteiger charge is 2.42. The van der Waals surface area contributed by atoms with Gasteiger partial charge < -0.3 is 5.73 Å². The third-order valence-electron chi connectivity index (χ3n) is 4.25. The van der Waals surface area contributed by atoms with Gasteiger partial charge in [-0.1, -0.05) is 6.07 Å². The summed E-state index contributed by atoms with van der Waals surface area (Å²) in [6, 6.07) is 4.31. The summed E-state index contributed by atoms with van der Waals surface area (Å²) in [5.74, 6) is 0.485. The number of hydrogen-bond acceptors (Lipinski definition) is 5. The molecule has 1 aromatic rings. The molecule has 0 radical (unpaired) electrons. The third-order valence-corrected chi connectivity index (χ3v) is 7.18. The maximum absolute atomic E-state index is 12.0. The number of likely N-dealkylation sites (N-methyl/N-ethyl adjacent to an activating group) is 1. The molecule has 0 amide bonds. The van der Waals surface area contributed by atoms with E-state index in [9.17, 15) is 8.42 Å². The quantitative estimate of drug-likeness (QED) is 0.918. The first kappa shape index (κ1) is 15.0. The van der Waals surface area contributed by atoms with Gasteiger partial charge in [0.1, 0.15) is 0 Å². The molecule has 0 spiro atoms. The first-order chi connectivity index (χ1) is 8.90. The van der Waals surface area contributed by atoms with Crippen LogP contribution in [0.2, 0.25) is 0 Å². The first-order valence-corrected chi connectivity index (χ1v) is 9.27.